The summed E-state index contributed by atoms with van der Waals surface area (Å²) < 4.78 is 0. The van der Waals surface area contributed by atoms with E-state index in [0.29, 0.717) is 23.2 Å². The second-order valence-electron chi connectivity index (χ2n) is 8.66. The first-order valence-electron chi connectivity index (χ1n) is 11.3. The van der Waals surface area contributed by atoms with Crippen molar-refractivity contribution in [2.24, 2.45) is 0 Å². The summed E-state index contributed by atoms with van der Waals surface area (Å²) in [6.07, 6.45) is 7.76. The molecule has 3 amide bonds. The van der Waals surface area contributed by atoms with E-state index < -0.39 is 0 Å². The van der Waals surface area contributed by atoms with Crippen molar-refractivity contribution in [3.05, 3.63) is 64.7 Å². The molecule has 5 nitrogen and oxygen atoms in total. The maximum Gasteiger partial charge on any atom is 0.321 e. The summed E-state index contributed by atoms with van der Waals surface area (Å²) in [5.41, 5.74) is 2.57. The van der Waals surface area contributed by atoms with Gasteiger partial charge >= 0.3 is 6.03 Å². The number of rotatable bonds is 4. The molecule has 0 aromatic heterocycles. The highest BCUT2D eigenvalue weighted by Gasteiger charge is 2.25. The molecule has 0 unspecified atom stereocenters. The summed E-state index contributed by atoms with van der Waals surface area (Å²) in [6, 6.07) is 15.2. The fourth-order valence-electron chi connectivity index (χ4n) is 4.62. The highest BCUT2D eigenvalue weighted by Crippen LogP contribution is 2.28. The minimum absolute atomic E-state index is 0.0156. The number of piperidine rings is 1. The van der Waals surface area contributed by atoms with E-state index in [1.807, 2.05) is 23.1 Å². The number of anilines is 1. The molecular weight excluding hydrogens is 410 g/mol. The Balaban J connectivity index is 1.38. The van der Waals surface area contributed by atoms with Gasteiger partial charge in [0.2, 0.25) is 0 Å². The SMILES string of the molecule is O=C(NC1CCCCC1)c1cccc([C@@H]2CCCN(C(=O)Nc3ccc(Cl)cc3)C2)c1. The van der Waals surface area contributed by atoms with Crippen molar-refractivity contribution >= 4 is 29.2 Å². The van der Waals surface area contributed by atoms with E-state index in [2.05, 4.69) is 16.7 Å². The van der Waals surface area contributed by atoms with Crippen LogP contribution >= 0.6 is 11.6 Å². The number of nitrogens with one attached hydrogen (secondary N) is 2. The van der Waals surface area contributed by atoms with Crippen LogP contribution in [0.2, 0.25) is 5.02 Å². The van der Waals surface area contributed by atoms with Crippen molar-refractivity contribution in [1.82, 2.24) is 10.2 Å². The van der Waals surface area contributed by atoms with Gasteiger partial charge in [-0.15, -0.1) is 0 Å². The molecule has 0 bridgehead atoms. The summed E-state index contributed by atoms with van der Waals surface area (Å²) in [4.78, 5) is 27.4. The van der Waals surface area contributed by atoms with Crippen LogP contribution in [0.1, 0.15) is 66.8 Å². The Morgan fingerprint density at radius 2 is 1.71 bits per heavy atom. The topological polar surface area (TPSA) is 61.4 Å². The number of carbonyl (C=O) groups is 2. The third-order valence-corrected chi connectivity index (χ3v) is 6.62. The van der Waals surface area contributed by atoms with Crippen LogP contribution in [0.3, 0.4) is 0 Å². The van der Waals surface area contributed by atoms with Crippen molar-refractivity contribution in [3.63, 3.8) is 0 Å². The van der Waals surface area contributed by atoms with E-state index in [-0.39, 0.29) is 17.9 Å². The van der Waals surface area contributed by atoms with Crippen LogP contribution < -0.4 is 10.6 Å². The molecule has 0 spiro atoms. The van der Waals surface area contributed by atoms with Crippen LogP contribution in [0, 0.1) is 0 Å². The van der Waals surface area contributed by atoms with Gasteiger partial charge in [0.25, 0.3) is 5.91 Å². The summed E-state index contributed by atoms with van der Waals surface area (Å²) in [6.45, 7) is 1.38. The Hall–Kier alpha value is -2.53. The van der Waals surface area contributed by atoms with E-state index in [4.69, 9.17) is 11.6 Å². The highest BCUT2D eigenvalue weighted by molar-refractivity contribution is 6.30. The summed E-state index contributed by atoms with van der Waals surface area (Å²) in [7, 11) is 0. The Morgan fingerprint density at radius 3 is 2.48 bits per heavy atom. The zero-order valence-electron chi connectivity index (χ0n) is 17.8. The largest absolute Gasteiger partial charge is 0.349 e. The minimum atomic E-state index is -0.0989. The number of amides is 3. The van der Waals surface area contributed by atoms with Gasteiger partial charge in [0.05, 0.1) is 0 Å². The number of benzene rings is 2. The fourth-order valence-corrected chi connectivity index (χ4v) is 4.74. The Bertz CT molecular complexity index is 909. The third-order valence-electron chi connectivity index (χ3n) is 6.36. The second kappa shape index (κ2) is 10.2. The number of halogens is 1. The Kier molecular flexibility index (Phi) is 7.13. The molecule has 4 rings (SSSR count). The van der Waals surface area contributed by atoms with Crippen molar-refractivity contribution in [2.75, 3.05) is 18.4 Å². The first-order valence-corrected chi connectivity index (χ1v) is 11.7. The molecule has 31 heavy (non-hydrogen) atoms. The van der Waals surface area contributed by atoms with Crippen LogP contribution in [0.4, 0.5) is 10.5 Å². The first kappa shape index (κ1) is 21.7. The van der Waals surface area contributed by atoms with Crippen molar-refractivity contribution in [2.45, 2.75) is 56.9 Å². The smallest absolute Gasteiger partial charge is 0.321 e. The van der Waals surface area contributed by atoms with Gasteiger partial charge in [-0.05, 0) is 67.6 Å². The van der Waals surface area contributed by atoms with Crippen molar-refractivity contribution in [1.29, 1.82) is 0 Å². The summed E-state index contributed by atoms with van der Waals surface area (Å²) >= 11 is 5.92. The normalized spacial score (nSPS) is 19.6. The van der Waals surface area contributed by atoms with Gasteiger partial charge in [0.15, 0.2) is 0 Å². The molecule has 1 atom stereocenters. The molecule has 2 fully saturated rings. The summed E-state index contributed by atoms with van der Waals surface area (Å²) in [5.74, 6) is 0.244. The lowest BCUT2D eigenvalue weighted by Gasteiger charge is -2.33. The third kappa shape index (κ3) is 5.79. The molecule has 1 saturated heterocycles. The van der Waals surface area contributed by atoms with Crippen LogP contribution in [0.15, 0.2) is 48.5 Å². The second-order valence-corrected chi connectivity index (χ2v) is 9.09. The molecule has 1 aliphatic carbocycles. The van der Waals surface area contributed by atoms with Gasteiger partial charge in [0.1, 0.15) is 0 Å². The number of likely N-dealkylation sites (tertiary alicyclic amines) is 1. The molecule has 164 valence electrons. The number of hydrogen-bond donors (Lipinski definition) is 2. The average molecular weight is 440 g/mol. The highest BCUT2D eigenvalue weighted by atomic mass is 35.5. The number of urea groups is 1. The number of hydrogen-bond acceptors (Lipinski definition) is 2. The predicted octanol–water partition coefficient (Wildman–Crippen LogP) is 5.81. The average Bonchev–Trinajstić information content (AvgIpc) is 2.81. The van der Waals surface area contributed by atoms with Crippen LogP contribution in [0.5, 0.6) is 0 Å². The zero-order chi connectivity index (χ0) is 21.6. The van der Waals surface area contributed by atoms with E-state index >= 15 is 0 Å². The molecule has 2 N–H and O–H groups in total. The lowest BCUT2D eigenvalue weighted by Crippen LogP contribution is -2.41. The molecule has 1 saturated carbocycles. The quantitative estimate of drug-likeness (QED) is 0.631. The molecule has 1 aliphatic heterocycles. The Morgan fingerprint density at radius 1 is 0.935 bits per heavy atom. The maximum atomic E-state index is 12.8. The molecule has 0 radical (unpaired) electrons. The van der Waals surface area contributed by atoms with Gasteiger partial charge in [0, 0.05) is 41.3 Å². The molecule has 1 heterocycles. The van der Waals surface area contributed by atoms with Crippen LogP contribution in [0.25, 0.3) is 0 Å². The van der Waals surface area contributed by atoms with E-state index in [0.717, 1.165) is 43.5 Å². The van der Waals surface area contributed by atoms with Gasteiger partial charge in [-0.25, -0.2) is 4.79 Å². The van der Waals surface area contributed by atoms with Crippen LogP contribution in [-0.2, 0) is 0 Å². The maximum absolute atomic E-state index is 12.8. The minimum Gasteiger partial charge on any atom is -0.349 e. The fraction of sp³-hybridized carbons (Fsp3) is 0.440. The van der Waals surface area contributed by atoms with Gasteiger partial charge in [-0.3, -0.25) is 4.79 Å². The van der Waals surface area contributed by atoms with E-state index in [9.17, 15) is 9.59 Å². The molecule has 2 aromatic rings. The predicted molar refractivity (Wildman–Crippen MR) is 125 cm³/mol. The lowest BCUT2D eigenvalue weighted by atomic mass is 9.89. The standard InChI is InChI=1S/C25H30ClN3O2/c26-21-11-13-23(14-12-21)28-25(31)29-15-5-8-20(17-29)18-6-4-7-19(16-18)24(30)27-22-9-2-1-3-10-22/h4,6-7,11-14,16,20,22H,1-3,5,8-10,15,17H2,(H,27,30)(H,28,31)/t20-/m1/s1. The zero-order valence-corrected chi connectivity index (χ0v) is 18.5. The molecule has 2 aromatic carbocycles. The molecule has 2 aliphatic rings. The summed E-state index contributed by atoms with van der Waals surface area (Å²) in [5, 5.41) is 6.79. The van der Waals surface area contributed by atoms with Crippen molar-refractivity contribution < 1.29 is 9.59 Å². The molecule has 6 heteroatoms. The van der Waals surface area contributed by atoms with E-state index in [1.54, 1.807) is 24.3 Å². The lowest BCUT2D eigenvalue weighted by molar-refractivity contribution is 0.0927. The van der Waals surface area contributed by atoms with Crippen LogP contribution in [-0.4, -0.2) is 36.0 Å². The molecular formula is C25H30ClN3O2. The number of nitrogens with zero attached hydrogens (tertiary/aromatic N) is 1. The Labute approximate surface area is 189 Å². The van der Waals surface area contributed by atoms with E-state index in [1.165, 1.54) is 19.3 Å². The first-order chi connectivity index (χ1) is 15.1. The van der Waals surface area contributed by atoms with Gasteiger partial charge in [-0.1, -0.05) is 43.0 Å². The van der Waals surface area contributed by atoms with Gasteiger partial charge < -0.3 is 15.5 Å². The van der Waals surface area contributed by atoms with Gasteiger partial charge in [-0.2, -0.15) is 0 Å². The number of carbonyl (C=O) groups excluding carboxylic acids is 2. The monoisotopic (exact) mass is 439 g/mol. The van der Waals surface area contributed by atoms with Crippen molar-refractivity contribution in [3.8, 4) is 0 Å².